The van der Waals surface area contributed by atoms with E-state index in [2.05, 4.69) is 53.5 Å². The van der Waals surface area contributed by atoms with Gasteiger partial charge in [-0.1, -0.05) is 169 Å². The second kappa shape index (κ2) is 43.0. The van der Waals surface area contributed by atoms with E-state index in [9.17, 15) is 9.59 Å². The molecule has 0 atom stereocenters. The van der Waals surface area contributed by atoms with Crippen molar-refractivity contribution in [3.8, 4) is 0 Å². The molecule has 0 aliphatic rings. The van der Waals surface area contributed by atoms with Crippen LogP contribution in [0.4, 0.5) is 0 Å². The van der Waals surface area contributed by atoms with E-state index in [1.54, 1.807) is 0 Å². The monoisotopic (exact) mass is 808 g/mol. The number of hydrogen-bond acceptors (Lipinski definition) is 6. The Morgan fingerprint density at radius 3 is 1.12 bits per heavy atom. The normalized spacial score (nSPS) is 11.9. The molecular formula is C51H101NO5. The van der Waals surface area contributed by atoms with Crippen molar-refractivity contribution in [2.45, 2.75) is 272 Å². The first-order valence-corrected chi connectivity index (χ1v) is 25.4. The van der Waals surface area contributed by atoms with E-state index in [0.29, 0.717) is 50.0 Å². The molecule has 0 aromatic rings. The Labute approximate surface area is 356 Å². The molecule has 0 spiro atoms. The minimum Gasteiger partial charge on any atom is -0.466 e. The summed E-state index contributed by atoms with van der Waals surface area (Å²) in [5, 5.41) is 0. The zero-order valence-corrected chi connectivity index (χ0v) is 39.7. The minimum absolute atomic E-state index is 0.0263. The summed E-state index contributed by atoms with van der Waals surface area (Å²) in [6, 6.07) is 0.597. The molecule has 0 aliphatic heterocycles. The SMILES string of the molecule is CCCCCC(CCCCC)CC(=O)OCCCCCCCCC(CCCCCCCCOC(=O)CC(CCCCC)CCCCC)OCCCCN(C)C(C)C. The first-order chi connectivity index (χ1) is 27.8. The van der Waals surface area contributed by atoms with Crippen molar-refractivity contribution < 1.29 is 23.8 Å². The van der Waals surface area contributed by atoms with Gasteiger partial charge in [0, 0.05) is 25.5 Å². The molecule has 6 nitrogen and oxygen atoms in total. The Morgan fingerprint density at radius 2 is 0.754 bits per heavy atom. The lowest BCUT2D eigenvalue weighted by atomic mass is 9.92. The van der Waals surface area contributed by atoms with Crippen molar-refractivity contribution in [2.24, 2.45) is 11.8 Å². The Balaban J connectivity index is 4.31. The predicted octanol–water partition coefficient (Wildman–Crippen LogP) is 15.4. The Morgan fingerprint density at radius 1 is 0.421 bits per heavy atom. The standard InChI is InChI=1S/C51H101NO5/c1-8-12-24-34-47(35-25-13-9-2)44-50(53)56-42-31-22-18-16-20-28-38-49(55-41-33-30-40-52(7)46(5)6)39-29-21-17-19-23-32-43-57-51(54)45-48(36-26-14-10-3)37-27-15-11-4/h46-49H,8-45H2,1-7H3. The molecule has 0 amide bonds. The van der Waals surface area contributed by atoms with Crippen LogP contribution in [-0.4, -0.2) is 62.4 Å². The van der Waals surface area contributed by atoms with E-state index >= 15 is 0 Å². The summed E-state index contributed by atoms with van der Waals surface area (Å²) in [4.78, 5) is 27.5. The fourth-order valence-electron chi connectivity index (χ4n) is 8.04. The van der Waals surface area contributed by atoms with E-state index in [4.69, 9.17) is 14.2 Å². The zero-order valence-electron chi connectivity index (χ0n) is 39.7. The van der Waals surface area contributed by atoms with Crippen molar-refractivity contribution in [1.82, 2.24) is 4.90 Å². The van der Waals surface area contributed by atoms with Crippen LogP contribution in [0, 0.1) is 11.8 Å². The highest BCUT2D eigenvalue weighted by Gasteiger charge is 2.16. The maximum Gasteiger partial charge on any atom is 0.306 e. The highest BCUT2D eigenvalue weighted by molar-refractivity contribution is 5.70. The van der Waals surface area contributed by atoms with Gasteiger partial charge >= 0.3 is 11.9 Å². The van der Waals surface area contributed by atoms with Crippen LogP contribution in [0.5, 0.6) is 0 Å². The molecule has 0 aromatic heterocycles. The average molecular weight is 808 g/mol. The summed E-state index contributed by atoms with van der Waals surface area (Å²) < 4.78 is 17.8. The van der Waals surface area contributed by atoms with Gasteiger partial charge < -0.3 is 19.1 Å². The highest BCUT2D eigenvalue weighted by Crippen LogP contribution is 2.23. The topological polar surface area (TPSA) is 65.1 Å². The molecule has 0 heterocycles. The number of carbonyl (C=O) groups is 2. The van der Waals surface area contributed by atoms with Crippen LogP contribution in [0.15, 0.2) is 0 Å². The van der Waals surface area contributed by atoms with Gasteiger partial charge in [0.05, 0.1) is 19.3 Å². The molecule has 0 unspecified atom stereocenters. The van der Waals surface area contributed by atoms with Gasteiger partial charge in [-0.3, -0.25) is 9.59 Å². The van der Waals surface area contributed by atoms with Crippen LogP contribution >= 0.6 is 0 Å². The van der Waals surface area contributed by atoms with E-state index in [1.807, 2.05) is 0 Å². The van der Waals surface area contributed by atoms with Crippen LogP contribution in [-0.2, 0) is 23.8 Å². The van der Waals surface area contributed by atoms with Gasteiger partial charge in [0.15, 0.2) is 0 Å². The molecule has 0 radical (unpaired) electrons. The van der Waals surface area contributed by atoms with Crippen molar-refractivity contribution in [1.29, 1.82) is 0 Å². The number of esters is 2. The summed E-state index contributed by atoms with van der Waals surface area (Å²) in [5.41, 5.74) is 0. The average Bonchev–Trinajstić information content (AvgIpc) is 3.19. The Kier molecular flexibility index (Phi) is 42.1. The molecule has 0 aromatic carbocycles. The third-order valence-electron chi connectivity index (χ3n) is 12.3. The Hall–Kier alpha value is -1.14. The highest BCUT2D eigenvalue weighted by atomic mass is 16.5. The number of carbonyl (C=O) groups excluding carboxylic acids is 2. The van der Waals surface area contributed by atoms with Gasteiger partial charge in [0.2, 0.25) is 0 Å². The van der Waals surface area contributed by atoms with Gasteiger partial charge in [-0.05, 0) is 103 Å². The van der Waals surface area contributed by atoms with Crippen LogP contribution in [0.25, 0.3) is 0 Å². The fourth-order valence-corrected chi connectivity index (χ4v) is 8.04. The molecular weight excluding hydrogens is 707 g/mol. The second-order valence-electron chi connectivity index (χ2n) is 18.2. The van der Waals surface area contributed by atoms with Gasteiger partial charge in [-0.2, -0.15) is 0 Å². The predicted molar refractivity (Wildman–Crippen MR) is 246 cm³/mol. The lowest BCUT2D eigenvalue weighted by Crippen LogP contribution is -2.27. The number of hydrogen-bond donors (Lipinski definition) is 0. The maximum atomic E-state index is 12.5. The second-order valence-corrected chi connectivity index (χ2v) is 18.2. The number of nitrogens with zero attached hydrogens (tertiary/aromatic N) is 1. The summed E-state index contributed by atoms with van der Waals surface area (Å²) in [5.74, 6) is 1.07. The molecule has 0 aliphatic carbocycles. The largest absolute Gasteiger partial charge is 0.466 e. The van der Waals surface area contributed by atoms with Crippen molar-refractivity contribution in [3.63, 3.8) is 0 Å². The van der Waals surface area contributed by atoms with E-state index in [0.717, 1.165) is 45.3 Å². The number of ether oxygens (including phenoxy) is 3. The first-order valence-electron chi connectivity index (χ1n) is 25.4. The van der Waals surface area contributed by atoms with Crippen LogP contribution in [0.2, 0.25) is 0 Å². The first kappa shape index (κ1) is 55.9. The number of rotatable bonds is 45. The maximum absolute atomic E-state index is 12.5. The minimum atomic E-state index is 0.0263. The van der Waals surface area contributed by atoms with Gasteiger partial charge in [0.25, 0.3) is 0 Å². The molecule has 0 fully saturated rings. The third-order valence-corrected chi connectivity index (χ3v) is 12.3. The zero-order chi connectivity index (χ0) is 42.0. The molecule has 6 heteroatoms. The van der Waals surface area contributed by atoms with E-state index in [-0.39, 0.29) is 11.9 Å². The lowest BCUT2D eigenvalue weighted by molar-refractivity contribution is -0.146. The smallest absolute Gasteiger partial charge is 0.306 e. The van der Waals surface area contributed by atoms with Crippen molar-refractivity contribution in [2.75, 3.05) is 33.4 Å². The number of unbranched alkanes of at least 4 members (excludes halogenated alkanes) is 19. The summed E-state index contributed by atoms with van der Waals surface area (Å²) in [7, 11) is 2.22. The lowest BCUT2D eigenvalue weighted by Gasteiger charge is -2.21. The molecule has 0 N–H and O–H groups in total. The Bertz CT molecular complexity index is 773. The van der Waals surface area contributed by atoms with Gasteiger partial charge in [-0.15, -0.1) is 0 Å². The van der Waals surface area contributed by atoms with Crippen LogP contribution < -0.4 is 0 Å². The quantitative estimate of drug-likeness (QED) is 0.0451. The molecule has 0 saturated heterocycles. The van der Waals surface area contributed by atoms with Gasteiger partial charge in [-0.25, -0.2) is 0 Å². The van der Waals surface area contributed by atoms with Crippen molar-refractivity contribution in [3.05, 3.63) is 0 Å². The molecule has 0 rings (SSSR count). The fraction of sp³-hybridized carbons (Fsp3) is 0.961. The van der Waals surface area contributed by atoms with Crippen LogP contribution in [0.1, 0.15) is 260 Å². The summed E-state index contributed by atoms with van der Waals surface area (Å²) in [6.45, 7) is 16.7. The van der Waals surface area contributed by atoms with E-state index in [1.165, 1.54) is 173 Å². The summed E-state index contributed by atoms with van der Waals surface area (Å²) in [6.07, 6.45) is 40.2. The van der Waals surface area contributed by atoms with E-state index < -0.39 is 0 Å². The summed E-state index contributed by atoms with van der Waals surface area (Å²) >= 11 is 0. The van der Waals surface area contributed by atoms with Crippen LogP contribution in [0.3, 0.4) is 0 Å². The molecule has 57 heavy (non-hydrogen) atoms. The molecule has 0 bridgehead atoms. The third kappa shape index (κ3) is 38.8. The van der Waals surface area contributed by atoms with Crippen molar-refractivity contribution >= 4 is 11.9 Å². The molecule has 340 valence electrons. The molecule has 0 saturated carbocycles. The van der Waals surface area contributed by atoms with Gasteiger partial charge in [0.1, 0.15) is 0 Å².